The monoisotopic (exact) mass is 1130 g/mol. The van der Waals surface area contributed by atoms with Gasteiger partial charge in [0.2, 0.25) is 0 Å². The summed E-state index contributed by atoms with van der Waals surface area (Å²) in [5, 5.41) is 4.88. The van der Waals surface area contributed by atoms with Crippen LogP contribution >= 0.6 is 0 Å². The summed E-state index contributed by atoms with van der Waals surface area (Å²) < 4.78 is 102. The van der Waals surface area contributed by atoms with E-state index in [1.807, 2.05) is 31.2 Å². The van der Waals surface area contributed by atoms with E-state index in [0.717, 1.165) is 91.3 Å². The average molecular weight is 1130 g/mol. The first-order valence-electron chi connectivity index (χ1n) is 22.7. The number of phenolic OH excluding ortho intramolecular Hbond substituents is 1. The summed E-state index contributed by atoms with van der Waals surface area (Å²) in [6.07, 6.45) is 2.82. The molecule has 1 heterocycles. The first kappa shape index (κ1) is 56.6. The number of halogens is 2. The predicted molar refractivity (Wildman–Crippen MR) is 251 cm³/mol. The van der Waals surface area contributed by atoms with Gasteiger partial charge in [0.1, 0.15) is 11.5 Å². The van der Waals surface area contributed by atoms with Crippen LogP contribution in [0, 0.1) is 21.7 Å². The predicted octanol–water partition coefficient (Wildman–Crippen LogP) is 6.02. The van der Waals surface area contributed by atoms with Gasteiger partial charge in [0, 0.05) is 6.42 Å². The Balaban J connectivity index is 1.44. The minimum atomic E-state index is -6.12. The minimum absolute atomic E-state index is 0.139. The molecule has 3 aromatic rings. The number of ether oxygens (including phenoxy) is 7. The SMILES string of the molecule is CCC1(OC(=O)COc2ccc([Te]c3ccc(C(C)(C)OC(=O)C(C)(C)C(C)(C(=O)OC4CCOC4=O)C(C)(C(=O)Oc4ccc(O)cc4)C(C)(C)C(=O)OCC(F)(F)S(=O)(=O)O)cc3)cc2)CCCC1. The number of carbonyl (C=O) groups is 6. The number of carbonyl (C=O) groups excluding carboxylic acids is 6. The maximum absolute atomic E-state index is 15.0. The van der Waals surface area contributed by atoms with E-state index in [-0.39, 0.29) is 31.1 Å². The molecule has 0 radical (unpaired) electrons. The Hall–Kier alpha value is -5.36. The molecule has 1 saturated heterocycles. The number of benzene rings is 3. The van der Waals surface area contributed by atoms with Crippen molar-refractivity contribution in [1.29, 1.82) is 0 Å². The zero-order chi connectivity index (χ0) is 53.0. The fourth-order valence-electron chi connectivity index (χ4n) is 8.58. The number of esters is 6. The molecule has 3 atom stereocenters. The van der Waals surface area contributed by atoms with Gasteiger partial charge >= 0.3 is 322 Å². The molecule has 0 amide bonds. The summed E-state index contributed by atoms with van der Waals surface area (Å²) in [5.41, 5.74) is -11.8. The van der Waals surface area contributed by atoms with E-state index in [1.54, 1.807) is 38.1 Å². The average Bonchev–Trinajstić information content (AvgIpc) is 3.95. The van der Waals surface area contributed by atoms with Gasteiger partial charge < -0.3 is 14.6 Å². The Morgan fingerprint density at radius 2 is 1.28 bits per heavy atom. The zero-order valence-electron chi connectivity index (χ0n) is 41.0. The van der Waals surface area contributed by atoms with Crippen LogP contribution in [0.4, 0.5) is 8.78 Å². The molecule has 2 aliphatic rings. The number of hydrogen-bond donors (Lipinski definition) is 2. The maximum atomic E-state index is 15.0. The van der Waals surface area contributed by atoms with Crippen molar-refractivity contribution >= 4 is 74.1 Å². The zero-order valence-corrected chi connectivity index (χ0v) is 44.1. The van der Waals surface area contributed by atoms with E-state index in [9.17, 15) is 51.1 Å². The molecular formula is C50H60F2O17STe. The Morgan fingerprint density at radius 3 is 1.80 bits per heavy atom. The van der Waals surface area contributed by atoms with Crippen molar-refractivity contribution in [2.45, 2.75) is 123 Å². The van der Waals surface area contributed by atoms with Crippen molar-refractivity contribution in [3.63, 3.8) is 0 Å². The molecule has 2 N–H and O–H groups in total. The first-order chi connectivity index (χ1) is 32.9. The van der Waals surface area contributed by atoms with Gasteiger partial charge in [-0.25, -0.2) is 4.79 Å². The third-order valence-electron chi connectivity index (χ3n) is 14.1. The van der Waals surface area contributed by atoms with E-state index in [0.29, 0.717) is 11.3 Å². The molecule has 5 rings (SSSR count). The van der Waals surface area contributed by atoms with Gasteiger partial charge in [0.15, 0.2) is 6.61 Å². The fourth-order valence-corrected chi connectivity index (χ4v) is 11.1. The molecule has 0 spiro atoms. The van der Waals surface area contributed by atoms with Crippen LogP contribution < -0.4 is 16.7 Å². The molecule has 3 aromatic carbocycles. The van der Waals surface area contributed by atoms with Crippen molar-refractivity contribution in [2.24, 2.45) is 21.7 Å². The van der Waals surface area contributed by atoms with Crippen molar-refractivity contribution in [3.05, 3.63) is 78.4 Å². The van der Waals surface area contributed by atoms with Crippen molar-refractivity contribution in [1.82, 2.24) is 0 Å². The van der Waals surface area contributed by atoms with Crippen LogP contribution in [0.1, 0.15) is 106 Å². The van der Waals surface area contributed by atoms with Crippen LogP contribution in [0.25, 0.3) is 0 Å². The Morgan fingerprint density at radius 1 is 0.761 bits per heavy atom. The molecule has 388 valence electrons. The summed E-state index contributed by atoms with van der Waals surface area (Å²) in [5.74, 6) is -7.11. The molecule has 71 heavy (non-hydrogen) atoms. The number of alkyl halides is 2. The second-order valence-electron chi connectivity index (χ2n) is 19.4. The number of rotatable bonds is 21. The summed E-state index contributed by atoms with van der Waals surface area (Å²) in [6.45, 7) is 9.01. The van der Waals surface area contributed by atoms with E-state index >= 15 is 0 Å². The molecule has 21 heteroatoms. The van der Waals surface area contributed by atoms with Crippen molar-refractivity contribution < 1.29 is 88.8 Å². The fraction of sp³-hybridized carbons (Fsp3) is 0.520. The summed E-state index contributed by atoms with van der Waals surface area (Å²) in [4.78, 5) is 84.2. The molecule has 0 bridgehead atoms. The number of aromatic hydroxyl groups is 1. The molecular weight excluding hydrogens is 1070 g/mol. The molecule has 17 nitrogen and oxygen atoms in total. The van der Waals surface area contributed by atoms with Gasteiger partial charge in [0.05, 0.1) is 6.61 Å². The molecule has 1 aliphatic heterocycles. The van der Waals surface area contributed by atoms with Gasteiger partial charge in [-0.3, -0.25) is 9.35 Å². The van der Waals surface area contributed by atoms with Crippen molar-refractivity contribution in [2.75, 3.05) is 19.8 Å². The van der Waals surface area contributed by atoms with Crippen LogP contribution in [0.2, 0.25) is 0 Å². The first-order valence-corrected chi connectivity index (χ1v) is 26.5. The Kier molecular flexibility index (Phi) is 17.0. The van der Waals surface area contributed by atoms with Gasteiger partial charge in [-0.15, -0.1) is 0 Å². The molecule has 3 unspecified atom stereocenters. The van der Waals surface area contributed by atoms with Crippen LogP contribution in [0.3, 0.4) is 0 Å². The third kappa shape index (κ3) is 12.0. The standard InChI is InChI=1S/C50H60F2O17STe/c1-10-49(26-11-12-27-49)68-38(54)29-64-33-19-23-36(24-20-33)71-35-21-13-31(14-22-35)46(6,7)69-41(57)45(4,5)48(9,43(59)67-37-25-28-63-39(37)55)47(8,42(58)66-34-17-15-32(53)16-18-34)44(2,3)40(56)65-30-50(51,52)70(60,61)62/h13-24,37,53H,10-12,25-30H2,1-9H3,(H,60,61,62). The van der Waals surface area contributed by atoms with Crippen LogP contribution in [0.5, 0.6) is 17.2 Å². The molecule has 1 saturated carbocycles. The van der Waals surface area contributed by atoms with Crippen LogP contribution in [0.15, 0.2) is 72.8 Å². The second kappa shape index (κ2) is 21.4. The van der Waals surface area contributed by atoms with Gasteiger partial charge in [-0.2, -0.15) is 17.2 Å². The summed E-state index contributed by atoms with van der Waals surface area (Å²) in [7, 11) is -6.12. The van der Waals surface area contributed by atoms with Crippen LogP contribution in [-0.4, -0.2) is 112 Å². The van der Waals surface area contributed by atoms with Crippen molar-refractivity contribution in [3.8, 4) is 17.2 Å². The third-order valence-corrected chi connectivity index (χ3v) is 17.8. The summed E-state index contributed by atoms with van der Waals surface area (Å²) in [6, 6.07) is 19.2. The van der Waals surface area contributed by atoms with Gasteiger partial charge in [-0.1, -0.05) is 0 Å². The number of phenols is 1. The molecule has 2 fully saturated rings. The van der Waals surface area contributed by atoms with E-state index < -0.39 is 118 Å². The van der Waals surface area contributed by atoms with E-state index in [2.05, 4.69) is 0 Å². The summed E-state index contributed by atoms with van der Waals surface area (Å²) >= 11 is -0.956. The van der Waals surface area contributed by atoms with Crippen LogP contribution in [-0.2, 0) is 68.2 Å². The van der Waals surface area contributed by atoms with E-state index in [4.69, 9.17) is 37.7 Å². The molecule has 0 aromatic heterocycles. The van der Waals surface area contributed by atoms with E-state index in [1.165, 1.54) is 13.8 Å². The normalized spacial score (nSPS) is 18.0. The molecule has 1 aliphatic carbocycles. The Labute approximate surface area is 421 Å². The number of cyclic esters (lactones) is 1. The van der Waals surface area contributed by atoms with Gasteiger partial charge in [-0.05, 0) is 24.3 Å². The Bertz CT molecular complexity index is 2570. The van der Waals surface area contributed by atoms with Gasteiger partial charge in [0.25, 0.3) is 0 Å². The second-order valence-corrected chi connectivity index (χ2v) is 24.2. The number of hydrogen-bond acceptors (Lipinski definition) is 16. The quantitative estimate of drug-likeness (QED) is 0.0407. The topological polar surface area (TPSA) is 242 Å².